The summed E-state index contributed by atoms with van der Waals surface area (Å²) in [5, 5.41) is 4.94. The van der Waals surface area contributed by atoms with Crippen molar-refractivity contribution in [1.82, 2.24) is 5.43 Å². The molecule has 0 radical (unpaired) electrons. The fraction of sp³-hybridized carbons (Fsp3) is 0.520. The number of nitrogens with one attached hydrogen (secondary N) is 1. The standard InChI is InChI=1S/C25H29ClN2O3/c1-16(11-25-12-17-8-18(13-25)10-19(9-17)14-25)27-28-24(29)23-7-6-20(31-23)15-30-22-5-3-2-4-21(22)26/h2-7,17-19H,8-15H2,1H3,(H,28,29)/b27-16+. The van der Waals surface area contributed by atoms with Gasteiger partial charge in [0.25, 0.3) is 0 Å². The van der Waals surface area contributed by atoms with Gasteiger partial charge in [0.2, 0.25) is 0 Å². The van der Waals surface area contributed by atoms with E-state index in [4.69, 9.17) is 20.8 Å². The Hall–Kier alpha value is -2.27. The number of para-hydroxylation sites is 1. The molecule has 4 bridgehead atoms. The van der Waals surface area contributed by atoms with Gasteiger partial charge in [-0.05, 0) is 99.3 Å². The van der Waals surface area contributed by atoms with Gasteiger partial charge in [-0.15, -0.1) is 0 Å². The number of benzene rings is 1. The molecule has 1 aromatic heterocycles. The maximum atomic E-state index is 12.5. The second-order valence-electron chi connectivity index (χ2n) is 9.87. The Morgan fingerprint density at radius 1 is 1.13 bits per heavy atom. The SMILES string of the molecule is C/C(CC12CC3CC(CC(C3)C1)C2)=N\NC(=O)c1ccc(COc2ccccc2Cl)o1. The van der Waals surface area contributed by atoms with E-state index in [2.05, 4.69) is 10.5 Å². The summed E-state index contributed by atoms with van der Waals surface area (Å²) in [5.74, 6) is 3.78. The van der Waals surface area contributed by atoms with Crippen LogP contribution in [0.2, 0.25) is 5.02 Å². The monoisotopic (exact) mass is 440 g/mol. The number of furan rings is 1. The zero-order valence-electron chi connectivity index (χ0n) is 17.9. The lowest BCUT2D eigenvalue weighted by molar-refractivity contribution is -0.0482. The minimum absolute atomic E-state index is 0.200. The number of halogens is 1. The number of carbonyl (C=O) groups excluding carboxylic acids is 1. The Kier molecular flexibility index (Phi) is 5.55. The third-order valence-corrected chi connectivity index (χ3v) is 7.55. The molecule has 1 amide bonds. The number of ether oxygens (including phenoxy) is 1. The largest absolute Gasteiger partial charge is 0.484 e. The molecule has 1 heterocycles. The average molecular weight is 441 g/mol. The van der Waals surface area contributed by atoms with Crippen molar-refractivity contribution in [3.05, 3.63) is 52.9 Å². The fourth-order valence-electron chi connectivity index (χ4n) is 6.58. The maximum absolute atomic E-state index is 12.5. The van der Waals surface area contributed by atoms with Crippen molar-refractivity contribution in [3.8, 4) is 5.75 Å². The summed E-state index contributed by atoms with van der Waals surface area (Å²) in [6, 6.07) is 10.6. The van der Waals surface area contributed by atoms with Crippen LogP contribution in [0.25, 0.3) is 0 Å². The van der Waals surface area contributed by atoms with Crippen LogP contribution in [0.1, 0.15) is 68.2 Å². The van der Waals surface area contributed by atoms with Gasteiger partial charge < -0.3 is 9.15 Å². The molecule has 164 valence electrons. The van der Waals surface area contributed by atoms with E-state index in [0.717, 1.165) is 29.9 Å². The Bertz CT molecular complexity index is 961. The molecule has 0 unspecified atom stereocenters. The number of hydrazone groups is 1. The van der Waals surface area contributed by atoms with Gasteiger partial charge in [0.15, 0.2) is 5.76 Å². The molecule has 0 atom stereocenters. The van der Waals surface area contributed by atoms with Crippen LogP contribution in [-0.4, -0.2) is 11.6 Å². The predicted molar refractivity (Wildman–Crippen MR) is 120 cm³/mol. The zero-order valence-corrected chi connectivity index (χ0v) is 18.7. The third kappa shape index (κ3) is 4.52. The topological polar surface area (TPSA) is 63.8 Å². The molecule has 4 fully saturated rings. The molecule has 6 rings (SSSR count). The highest BCUT2D eigenvalue weighted by atomic mass is 35.5. The van der Waals surface area contributed by atoms with Gasteiger partial charge in [0.05, 0.1) is 5.02 Å². The van der Waals surface area contributed by atoms with Crippen molar-refractivity contribution < 1.29 is 13.9 Å². The van der Waals surface area contributed by atoms with Crippen molar-refractivity contribution in [2.75, 3.05) is 0 Å². The molecule has 2 aromatic rings. The van der Waals surface area contributed by atoms with Crippen LogP contribution in [0, 0.1) is 23.2 Å². The minimum atomic E-state index is -0.339. The number of hydrogen-bond donors (Lipinski definition) is 1. The molecule has 1 N–H and O–H groups in total. The molecule has 31 heavy (non-hydrogen) atoms. The van der Waals surface area contributed by atoms with Crippen molar-refractivity contribution in [2.45, 2.75) is 58.5 Å². The van der Waals surface area contributed by atoms with Crippen LogP contribution in [0.3, 0.4) is 0 Å². The van der Waals surface area contributed by atoms with Crippen LogP contribution >= 0.6 is 11.6 Å². The van der Waals surface area contributed by atoms with Gasteiger partial charge in [-0.25, -0.2) is 5.43 Å². The van der Waals surface area contributed by atoms with E-state index in [1.807, 2.05) is 19.1 Å². The minimum Gasteiger partial charge on any atom is -0.484 e. The van der Waals surface area contributed by atoms with Crippen LogP contribution in [0.5, 0.6) is 5.75 Å². The van der Waals surface area contributed by atoms with Gasteiger partial charge in [-0.1, -0.05) is 23.7 Å². The Labute approximate surface area is 188 Å². The molecule has 4 aliphatic carbocycles. The molecule has 5 nitrogen and oxygen atoms in total. The summed E-state index contributed by atoms with van der Waals surface area (Å²) in [5.41, 5.74) is 4.09. The lowest BCUT2D eigenvalue weighted by Gasteiger charge is -2.57. The first kappa shape index (κ1) is 20.6. The van der Waals surface area contributed by atoms with E-state index in [-0.39, 0.29) is 18.3 Å². The number of amides is 1. The molecule has 4 saturated carbocycles. The van der Waals surface area contributed by atoms with E-state index >= 15 is 0 Å². The lowest BCUT2D eigenvalue weighted by Crippen LogP contribution is -2.46. The predicted octanol–water partition coefficient (Wildman–Crippen LogP) is 6.22. The number of hydrogen-bond acceptors (Lipinski definition) is 4. The van der Waals surface area contributed by atoms with Crippen LogP contribution in [0.15, 0.2) is 45.9 Å². The van der Waals surface area contributed by atoms with Crippen molar-refractivity contribution in [1.29, 1.82) is 0 Å². The molecule has 4 aliphatic rings. The quantitative estimate of drug-likeness (QED) is 0.410. The molecule has 0 spiro atoms. The summed E-state index contributed by atoms with van der Waals surface area (Å²) >= 11 is 6.09. The smallest absolute Gasteiger partial charge is 0.307 e. The first-order valence-electron chi connectivity index (χ1n) is 11.3. The van der Waals surface area contributed by atoms with Crippen molar-refractivity contribution in [2.24, 2.45) is 28.3 Å². The molecule has 0 aliphatic heterocycles. The Morgan fingerprint density at radius 2 is 1.81 bits per heavy atom. The molecule has 0 saturated heterocycles. The number of nitrogens with zero attached hydrogens (tertiary/aromatic N) is 1. The zero-order chi connectivity index (χ0) is 21.4. The van der Waals surface area contributed by atoms with E-state index in [9.17, 15) is 4.79 Å². The summed E-state index contributed by atoms with van der Waals surface area (Å²) in [4.78, 5) is 12.5. The van der Waals surface area contributed by atoms with Gasteiger partial charge >= 0.3 is 5.91 Å². The summed E-state index contributed by atoms with van der Waals surface area (Å²) in [6.45, 7) is 2.23. The average Bonchev–Trinajstić information content (AvgIpc) is 3.19. The summed E-state index contributed by atoms with van der Waals surface area (Å²) < 4.78 is 11.3. The highest BCUT2D eigenvalue weighted by Gasteiger charge is 2.50. The lowest BCUT2D eigenvalue weighted by atomic mass is 9.48. The normalized spacial score (nSPS) is 29.2. The van der Waals surface area contributed by atoms with Crippen LogP contribution in [0.4, 0.5) is 0 Å². The Balaban J connectivity index is 1.15. The van der Waals surface area contributed by atoms with Crippen LogP contribution in [-0.2, 0) is 6.61 Å². The first-order chi connectivity index (χ1) is 15.0. The summed E-state index contributed by atoms with van der Waals surface area (Å²) in [6.07, 6.45) is 9.33. The van der Waals surface area contributed by atoms with Gasteiger partial charge in [0.1, 0.15) is 18.1 Å². The number of rotatable bonds is 7. The van der Waals surface area contributed by atoms with Crippen LogP contribution < -0.4 is 10.2 Å². The van der Waals surface area contributed by atoms with Crippen molar-refractivity contribution in [3.63, 3.8) is 0 Å². The van der Waals surface area contributed by atoms with Gasteiger partial charge in [0, 0.05) is 5.71 Å². The van der Waals surface area contributed by atoms with Gasteiger partial charge in [-0.2, -0.15) is 5.10 Å². The fourth-order valence-corrected chi connectivity index (χ4v) is 6.77. The molecular formula is C25H29ClN2O3. The highest BCUT2D eigenvalue weighted by Crippen LogP contribution is 2.61. The second-order valence-corrected chi connectivity index (χ2v) is 10.3. The second kappa shape index (κ2) is 8.34. The first-order valence-corrected chi connectivity index (χ1v) is 11.7. The van der Waals surface area contributed by atoms with E-state index in [0.29, 0.717) is 21.9 Å². The van der Waals surface area contributed by atoms with E-state index < -0.39 is 0 Å². The van der Waals surface area contributed by atoms with E-state index in [1.165, 1.54) is 38.5 Å². The highest BCUT2D eigenvalue weighted by molar-refractivity contribution is 6.32. The van der Waals surface area contributed by atoms with Crippen molar-refractivity contribution >= 4 is 23.2 Å². The maximum Gasteiger partial charge on any atom is 0.307 e. The van der Waals surface area contributed by atoms with Gasteiger partial charge in [-0.3, -0.25) is 4.79 Å². The molecular weight excluding hydrogens is 412 g/mol. The number of carbonyl (C=O) groups is 1. The molecule has 6 heteroatoms. The Morgan fingerprint density at radius 3 is 2.48 bits per heavy atom. The third-order valence-electron chi connectivity index (χ3n) is 7.24. The van der Waals surface area contributed by atoms with E-state index in [1.54, 1.807) is 24.3 Å². The summed E-state index contributed by atoms with van der Waals surface area (Å²) in [7, 11) is 0. The molecule has 1 aromatic carbocycles.